The van der Waals surface area contributed by atoms with E-state index in [2.05, 4.69) is 41.4 Å². The number of piperazine rings is 1. The molecule has 7 nitrogen and oxygen atoms in total. The zero-order chi connectivity index (χ0) is 25.9. The lowest BCUT2D eigenvalue weighted by molar-refractivity contribution is 0.0626. The third-order valence-electron chi connectivity index (χ3n) is 7.15. The smallest absolute Gasteiger partial charge is 0.259 e. The van der Waals surface area contributed by atoms with Crippen LogP contribution in [0, 0.1) is 6.92 Å². The van der Waals surface area contributed by atoms with Gasteiger partial charge >= 0.3 is 0 Å². The van der Waals surface area contributed by atoms with Crippen molar-refractivity contribution in [3.63, 3.8) is 0 Å². The molecule has 1 aromatic carbocycles. The minimum atomic E-state index is -0.479. The van der Waals surface area contributed by atoms with Gasteiger partial charge in [-0.25, -0.2) is 0 Å². The summed E-state index contributed by atoms with van der Waals surface area (Å²) in [6.45, 7) is 11.2. The van der Waals surface area contributed by atoms with Crippen LogP contribution in [0.15, 0.2) is 41.5 Å². The van der Waals surface area contributed by atoms with E-state index in [1.54, 1.807) is 17.3 Å². The lowest BCUT2D eigenvalue weighted by Crippen LogP contribution is -2.49. The minimum absolute atomic E-state index is 0.0550. The molecular formula is C29H40N4O3. The van der Waals surface area contributed by atoms with Gasteiger partial charge in [0, 0.05) is 56.7 Å². The molecule has 0 spiro atoms. The first kappa shape index (κ1) is 26.1. The molecule has 0 atom stereocenters. The summed E-state index contributed by atoms with van der Waals surface area (Å²) in [4.78, 5) is 44.2. The Kier molecular flexibility index (Phi) is 7.98. The second-order valence-corrected chi connectivity index (χ2v) is 11.4. The molecule has 194 valence electrons. The largest absolute Gasteiger partial charge is 0.349 e. The molecule has 7 heteroatoms. The van der Waals surface area contributed by atoms with E-state index in [1.165, 1.54) is 17.5 Å². The van der Waals surface area contributed by atoms with Crippen molar-refractivity contribution < 1.29 is 9.59 Å². The normalized spacial score (nSPS) is 17.7. The Balaban J connectivity index is 1.54. The Morgan fingerprint density at radius 3 is 2.28 bits per heavy atom. The molecule has 0 bridgehead atoms. The number of hydrogen-bond acceptors (Lipinski definition) is 4. The number of carbonyl (C=O) groups excluding carboxylic acids is 2. The molecule has 1 saturated carbocycles. The fourth-order valence-electron chi connectivity index (χ4n) is 5.26. The maximum absolute atomic E-state index is 13.6. The van der Waals surface area contributed by atoms with Gasteiger partial charge in [-0.1, -0.05) is 49.1 Å². The summed E-state index contributed by atoms with van der Waals surface area (Å²) < 4.78 is 1.96. The van der Waals surface area contributed by atoms with Crippen molar-refractivity contribution in [2.45, 2.75) is 77.9 Å². The number of nitrogens with one attached hydrogen (secondary N) is 1. The van der Waals surface area contributed by atoms with Gasteiger partial charge < -0.3 is 14.8 Å². The topological polar surface area (TPSA) is 74.7 Å². The third-order valence-corrected chi connectivity index (χ3v) is 7.15. The van der Waals surface area contributed by atoms with Crippen molar-refractivity contribution in [2.75, 3.05) is 26.2 Å². The summed E-state index contributed by atoms with van der Waals surface area (Å²) in [6, 6.07) is 8.70. The summed E-state index contributed by atoms with van der Waals surface area (Å²) >= 11 is 0. The maximum atomic E-state index is 13.6. The van der Waals surface area contributed by atoms with Crippen LogP contribution in [0.5, 0.6) is 0 Å². The first-order valence-corrected chi connectivity index (χ1v) is 13.3. The van der Waals surface area contributed by atoms with Crippen LogP contribution in [-0.4, -0.2) is 57.9 Å². The highest BCUT2D eigenvalue weighted by atomic mass is 16.2. The summed E-state index contributed by atoms with van der Waals surface area (Å²) in [5.74, 6) is -0.695. The number of hydrogen-bond donors (Lipinski definition) is 1. The summed E-state index contributed by atoms with van der Waals surface area (Å²) in [5, 5.41) is 2.90. The van der Waals surface area contributed by atoms with Crippen LogP contribution in [0.25, 0.3) is 0 Å². The number of pyridine rings is 1. The highest BCUT2D eigenvalue weighted by Crippen LogP contribution is 2.28. The van der Waals surface area contributed by atoms with E-state index in [1.807, 2.05) is 25.3 Å². The number of rotatable bonds is 5. The van der Waals surface area contributed by atoms with Crippen molar-refractivity contribution in [2.24, 2.45) is 0 Å². The Labute approximate surface area is 214 Å². The lowest BCUT2D eigenvalue weighted by atomic mass is 9.95. The number of aromatic nitrogens is 1. The van der Waals surface area contributed by atoms with Gasteiger partial charge in [0.2, 0.25) is 5.43 Å². The second kappa shape index (κ2) is 11.0. The number of benzene rings is 1. The van der Waals surface area contributed by atoms with Gasteiger partial charge in [0.05, 0.1) is 0 Å². The van der Waals surface area contributed by atoms with Gasteiger partial charge in [-0.15, -0.1) is 0 Å². The fourth-order valence-corrected chi connectivity index (χ4v) is 5.26. The molecular weight excluding hydrogens is 452 g/mol. The monoisotopic (exact) mass is 492 g/mol. The Hall–Kier alpha value is -2.93. The summed E-state index contributed by atoms with van der Waals surface area (Å²) in [7, 11) is 0. The molecule has 2 aromatic rings. The number of carbonyl (C=O) groups is 2. The molecule has 4 rings (SSSR count). The van der Waals surface area contributed by atoms with Crippen molar-refractivity contribution >= 4 is 11.8 Å². The van der Waals surface area contributed by atoms with Crippen molar-refractivity contribution in [1.82, 2.24) is 19.7 Å². The fraction of sp³-hybridized carbons (Fsp3) is 0.552. The van der Waals surface area contributed by atoms with E-state index in [0.29, 0.717) is 13.1 Å². The van der Waals surface area contributed by atoms with Gasteiger partial charge in [-0.2, -0.15) is 0 Å². The van der Waals surface area contributed by atoms with E-state index in [0.717, 1.165) is 45.3 Å². The summed E-state index contributed by atoms with van der Waals surface area (Å²) in [6.07, 6.45) is 8.79. The van der Waals surface area contributed by atoms with Crippen molar-refractivity contribution in [3.8, 4) is 0 Å². The van der Waals surface area contributed by atoms with Crippen LogP contribution in [0.1, 0.15) is 90.8 Å². The molecule has 1 aliphatic carbocycles. The Morgan fingerprint density at radius 1 is 0.972 bits per heavy atom. The second-order valence-electron chi connectivity index (χ2n) is 11.4. The molecule has 2 aliphatic rings. The Bertz CT molecular complexity index is 1150. The van der Waals surface area contributed by atoms with Crippen molar-refractivity contribution in [3.05, 3.63) is 69.1 Å². The molecule has 36 heavy (non-hydrogen) atoms. The minimum Gasteiger partial charge on any atom is -0.349 e. The number of nitrogens with zero attached hydrogens (tertiary/aromatic N) is 3. The van der Waals surface area contributed by atoms with Crippen LogP contribution in [0.3, 0.4) is 0 Å². The summed E-state index contributed by atoms with van der Waals surface area (Å²) in [5.41, 5.74) is 1.71. The zero-order valence-electron chi connectivity index (χ0n) is 22.2. The first-order valence-electron chi connectivity index (χ1n) is 13.3. The first-order chi connectivity index (χ1) is 17.1. The zero-order valence-corrected chi connectivity index (χ0v) is 22.2. The molecule has 1 N–H and O–H groups in total. The number of amides is 2. The van der Waals surface area contributed by atoms with E-state index in [9.17, 15) is 14.4 Å². The van der Waals surface area contributed by atoms with Crippen LogP contribution < -0.4 is 10.7 Å². The molecule has 2 fully saturated rings. The van der Waals surface area contributed by atoms with Crippen molar-refractivity contribution in [1.29, 1.82) is 0 Å². The van der Waals surface area contributed by atoms with Crippen LogP contribution >= 0.6 is 0 Å². The average Bonchev–Trinajstić information content (AvgIpc) is 2.84. The van der Waals surface area contributed by atoms with E-state index in [4.69, 9.17) is 0 Å². The highest BCUT2D eigenvalue weighted by molar-refractivity contribution is 5.99. The predicted molar refractivity (Wildman–Crippen MR) is 142 cm³/mol. The van der Waals surface area contributed by atoms with Gasteiger partial charge in [0.1, 0.15) is 11.1 Å². The third kappa shape index (κ3) is 6.44. The average molecular weight is 493 g/mol. The molecule has 1 saturated heterocycles. The standard InChI is InChI=1S/C29H40N4O3/c1-21-9-8-10-22(17-21)18-31-13-15-32(16-14-31)28(36)25-20-33(23-11-6-5-7-12-23)19-24(26(25)34)27(35)30-29(2,3)4/h8-10,17,19-20,23H,5-7,11-16,18H2,1-4H3,(H,30,35). The van der Waals surface area contributed by atoms with Gasteiger partial charge in [-0.05, 0) is 46.1 Å². The SMILES string of the molecule is Cc1cccc(CN2CCN(C(=O)c3cn(C4CCCCC4)cc(C(=O)NC(C)(C)C)c3=O)CC2)c1. The van der Waals surface area contributed by atoms with E-state index in [-0.39, 0.29) is 23.1 Å². The van der Waals surface area contributed by atoms with Crippen LogP contribution in [-0.2, 0) is 6.54 Å². The van der Waals surface area contributed by atoms with Crippen LogP contribution in [0.2, 0.25) is 0 Å². The molecule has 1 aliphatic heterocycles. The van der Waals surface area contributed by atoms with Gasteiger partial charge in [0.25, 0.3) is 11.8 Å². The predicted octanol–water partition coefficient (Wildman–Crippen LogP) is 4.15. The number of aryl methyl sites for hydroxylation is 1. The van der Waals surface area contributed by atoms with E-state index >= 15 is 0 Å². The molecule has 2 amide bonds. The van der Waals surface area contributed by atoms with E-state index < -0.39 is 16.9 Å². The van der Waals surface area contributed by atoms with Crippen LogP contribution in [0.4, 0.5) is 0 Å². The molecule has 2 heterocycles. The van der Waals surface area contributed by atoms with Gasteiger partial charge in [-0.3, -0.25) is 19.3 Å². The molecule has 0 unspecified atom stereocenters. The van der Waals surface area contributed by atoms with Gasteiger partial charge in [0.15, 0.2) is 0 Å². The molecule has 0 radical (unpaired) electrons. The highest BCUT2D eigenvalue weighted by Gasteiger charge is 2.28. The molecule has 1 aromatic heterocycles. The maximum Gasteiger partial charge on any atom is 0.259 e. The Morgan fingerprint density at radius 2 is 1.64 bits per heavy atom. The lowest BCUT2D eigenvalue weighted by Gasteiger charge is -2.35. The quantitative estimate of drug-likeness (QED) is 0.681.